The molecule has 2 fully saturated rings. The summed E-state index contributed by atoms with van der Waals surface area (Å²) in [5.74, 6) is -0.526. The number of nitrogens with one attached hydrogen (secondary N) is 1. The summed E-state index contributed by atoms with van der Waals surface area (Å²) < 4.78 is 11.0. The molecule has 4 rings (SSSR count). The van der Waals surface area contributed by atoms with Crippen LogP contribution in [0.15, 0.2) is 24.5 Å². The van der Waals surface area contributed by atoms with E-state index in [4.69, 9.17) is 9.47 Å². The number of anilines is 1. The molecule has 0 spiro atoms. The van der Waals surface area contributed by atoms with Crippen molar-refractivity contribution in [2.24, 2.45) is 5.92 Å². The molecule has 1 aromatic heterocycles. The number of hydrogen-bond donors (Lipinski definition) is 1. The highest BCUT2D eigenvalue weighted by Gasteiger charge is 2.30. The molecule has 2 heterocycles. The van der Waals surface area contributed by atoms with Crippen molar-refractivity contribution >= 4 is 23.5 Å². The van der Waals surface area contributed by atoms with Gasteiger partial charge in [-0.25, -0.2) is 14.8 Å². The lowest BCUT2D eigenvalue weighted by Gasteiger charge is -2.34. The van der Waals surface area contributed by atoms with Crippen LogP contribution >= 0.6 is 0 Å². The van der Waals surface area contributed by atoms with Gasteiger partial charge in [-0.15, -0.1) is 0 Å². The first-order valence-corrected chi connectivity index (χ1v) is 12.4. The second-order valence-electron chi connectivity index (χ2n) is 9.10. The molecule has 2 amide bonds. The van der Waals surface area contributed by atoms with Crippen molar-refractivity contribution in [1.29, 1.82) is 0 Å². The third-order valence-electron chi connectivity index (χ3n) is 6.47. The first-order valence-electron chi connectivity index (χ1n) is 12.4. The van der Waals surface area contributed by atoms with Crippen molar-refractivity contribution in [2.75, 3.05) is 51.3 Å². The zero-order valence-electron chi connectivity index (χ0n) is 21.1. The lowest BCUT2D eigenvalue weighted by molar-refractivity contribution is -0.160. The Morgan fingerprint density at radius 1 is 1.06 bits per heavy atom. The van der Waals surface area contributed by atoms with Gasteiger partial charge in [0.25, 0.3) is 0 Å². The van der Waals surface area contributed by atoms with Gasteiger partial charge in [0, 0.05) is 66.8 Å². The number of aryl methyl sites for hydroxylation is 2. The van der Waals surface area contributed by atoms with Crippen molar-refractivity contribution in [3.63, 3.8) is 0 Å². The number of carbonyl (C=O) groups excluding carboxylic acids is 3. The van der Waals surface area contributed by atoms with Crippen molar-refractivity contribution in [2.45, 2.75) is 33.6 Å². The van der Waals surface area contributed by atoms with Crippen LogP contribution in [-0.2, 0) is 19.1 Å². The molecule has 36 heavy (non-hydrogen) atoms. The van der Waals surface area contributed by atoms with Crippen LogP contribution in [-0.4, -0.2) is 83.5 Å². The Kier molecular flexibility index (Phi) is 8.14. The van der Waals surface area contributed by atoms with Gasteiger partial charge in [0.15, 0.2) is 0 Å². The van der Waals surface area contributed by atoms with Crippen molar-refractivity contribution < 1.29 is 23.9 Å². The van der Waals surface area contributed by atoms with E-state index in [-0.39, 0.29) is 18.4 Å². The maximum atomic E-state index is 12.3. The molecule has 1 saturated carbocycles. The number of amides is 2. The van der Waals surface area contributed by atoms with Crippen LogP contribution in [0.1, 0.15) is 31.2 Å². The van der Waals surface area contributed by atoms with Gasteiger partial charge in [-0.05, 0) is 51.8 Å². The minimum atomic E-state index is -0.797. The standard InChI is InChI=1S/C26H33N5O5/c1-4-35-26(34)25(33)31-11-9-30(10-12-31)13-14-36-22-8-7-20(29-24(32)19-5-6-19)15-21(22)23-17(2)27-16-28-18(23)3/h7-8,15-16,19H,4-6,9-14H2,1-3H3,(H,29,32). The number of piperazine rings is 1. The first-order chi connectivity index (χ1) is 17.4. The maximum Gasteiger partial charge on any atom is 0.397 e. The number of hydrogen-bond acceptors (Lipinski definition) is 8. The Bertz CT molecular complexity index is 1110. The molecule has 2 aliphatic rings. The molecule has 10 nitrogen and oxygen atoms in total. The molecule has 0 atom stereocenters. The van der Waals surface area contributed by atoms with E-state index in [0.29, 0.717) is 45.1 Å². The molecule has 0 bridgehead atoms. The Balaban J connectivity index is 1.40. The summed E-state index contributed by atoms with van der Waals surface area (Å²) in [6, 6.07) is 5.65. The number of nitrogens with zero attached hydrogens (tertiary/aromatic N) is 4. The smallest absolute Gasteiger partial charge is 0.397 e. The Morgan fingerprint density at radius 2 is 1.75 bits per heavy atom. The molecule has 1 aromatic carbocycles. The molecule has 0 radical (unpaired) electrons. The van der Waals surface area contributed by atoms with E-state index in [1.165, 1.54) is 4.90 Å². The summed E-state index contributed by atoms with van der Waals surface area (Å²) in [6.07, 6.45) is 3.42. The second-order valence-corrected chi connectivity index (χ2v) is 9.10. The highest BCUT2D eigenvalue weighted by Crippen LogP contribution is 2.36. The zero-order chi connectivity index (χ0) is 25.7. The SMILES string of the molecule is CCOC(=O)C(=O)N1CCN(CCOc2ccc(NC(=O)C3CC3)cc2-c2c(C)ncnc2C)CC1. The summed E-state index contributed by atoms with van der Waals surface area (Å²) >= 11 is 0. The van der Waals surface area contributed by atoms with Crippen LogP contribution in [0.3, 0.4) is 0 Å². The monoisotopic (exact) mass is 495 g/mol. The van der Waals surface area contributed by atoms with Gasteiger partial charge in [-0.1, -0.05) is 0 Å². The second kappa shape index (κ2) is 11.5. The van der Waals surface area contributed by atoms with E-state index in [0.717, 1.165) is 41.0 Å². The summed E-state index contributed by atoms with van der Waals surface area (Å²) in [5, 5.41) is 3.01. The lowest BCUT2D eigenvalue weighted by Crippen LogP contribution is -2.51. The quantitative estimate of drug-likeness (QED) is 0.438. The molecule has 1 aliphatic carbocycles. The average molecular weight is 496 g/mol. The molecule has 1 aliphatic heterocycles. The minimum absolute atomic E-state index is 0.0490. The van der Waals surface area contributed by atoms with Gasteiger partial charge in [0.2, 0.25) is 5.91 Å². The normalized spacial score (nSPS) is 15.9. The molecular formula is C26H33N5O5. The predicted molar refractivity (Wildman–Crippen MR) is 133 cm³/mol. The van der Waals surface area contributed by atoms with Gasteiger partial charge in [-0.2, -0.15) is 0 Å². The third kappa shape index (κ3) is 6.17. The van der Waals surface area contributed by atoms with Crippen molar-refractivity contribution in [3.05, 3.63) is 35.9 Å². The van der Waals surface area contributed by atoms with Crippen LogP contribution in [0, 0.1) is 19.8 Å². The van der Waals surface area contributed by atoms with E-state index in [2.05, 4.69) is 20.2 Å². The summed E-state index contributed by atoms with van der Waals surface area (Å²) in [4.78, 5) is 48.6. The van der Waals surface area contributed by atoms with Crippen molar-refractivity contribution in [1.82, 2.24) is 19.8 Å². The number of esters is 1. The number of aromatic nitrogens is 2. The van der Waals surface area contributed by atoms with Crippen LogP contribution in [0.2, 0.25) is 0 Å². The summed E-state index contributed by atoms with van der Waals surface area (Å²) in [7, 11) is 0. The largest absolute Gasteiger partial charge is 0.492 e. The van der Waals surface area contributed by atoms with Gasteiger partial charge in [0.05, 0.1) is 6.61 Å². The van der Waals surface area contributed by atoms with E-state index in [1.807, 2.05) is 32.0 Å². The number of benzene rings is 1. The van der Waals surface area contributed by atoms with Gasteiger partial charge in [-0.3, -0.25) is 14.5 Å². The molecule has 1 saturated heterocycles. The van der Waals surface area contributed by atoms with E-state index >= 15 is 0 Å². The van der Waals surface area contributed by atoms with Gasteiger partial charge < -0.3 is 19.7 Å². The topological polar surface area (TPSA) is 114 Å². The number of carbonyl (C=O) groups is 3. The molecule has 2 aromatic rings. The lowest BCUT2D eigenvalue weighted by atomic mass is 10.0. The molecule has 0 unspecified atom stereocenters. The highest BCUT2D eigenvalue weighted by atomic mass is 16.5. The molecular weight excluding hydrogens is 462 g/mol. The van der Waals surface area contributed by atoms with Crippen LogP contribution in [0.4, 0.5) is 5.69 Å². The fraction of sp³-hybridized carbons (Fsp3) is 0.500. The highest BCUT2D eigenvalue weighted by molar-refractivity contribution is 6.32. The van der Waals surface area contributed by atoms with Gasteiger partial charge >= 0.3 is 11.9 Å². The fourth-order valence-electron chi connectivity index (χ4n) is 4.28. The average Bonchev–Trinajstić information content (AvgIpc) is 3.71. The zero-order valence-corrected chi connectivity index (χ0v) is 21.1. The van der Waals surface area contributed by atoms with Crippen LogP contribution in [0.25, 0.3) is 11.1 Å². The summed E-state index contributed by atoms with van der Waals surface area (Å²) in [5.41, 5.74) is 4.12. The molecule has 192 valence electrons. The maximum absolute atomic E-state index is 12.3. The summed E-state index contributed by atoms with van der Waals surface area (Å²) in [6.45, 7) is 9.08. The van der Waals surface area contributed by atoms with E-state index in [1.54, 1.807) is 13.3 Å². The predicted octanol–water partition coefficient (Wildman–Crippen LogP) is 2.20. The van der Waals surface area contributed by atoms with Crippen LogP contribution in [0.5, 0.6) is 5.75 Å². The molecule has 10 heteroatoms. The van der Waals surface area contributed by atoms with Crippen molar-refractivity contribution in [3.8, 4) is 16.9 Å². The van der Waals surface area contributed by atoms with E-state index < -0.39 is 11.9 Å². The Morgan fingerprint density at radius 3 is 2.39 bits per heavy atom. The number of rotatable bonds is 8. The third-order valence-corrected chi connectivity index (χ3v) is 6.47. The minimum Gasteiger partial charge on any atom is -0.492 e. The molecule has 1 N–H and O–H groups in total. The van der Waals surface area contributed by atoms with E-state index in [9.17, 15) is 14.4 Å². The van der Waals surface area contributed by atoms with Gasteiger partial charge in [0.1, 0.15) is 18.7 Å². The van der Waals surface area contributed by atoms with Crippen LogP contribution < -0.4 is 10.1 Å². The Labute approximate surface area is 211 Å². The Hall–Kier alpha value is -3.53. The first kappa shape index (κ1) is 25.6. The number of ether oxygens (including phenoxy) is 2. The fourth-order valence-corrected chi connectivity index (χ4v) is 4.28.